The molecule has 1 saturated carbocycles. The maximum atomic E-state index is 12.3. The summed E-state index contributed by atoms with van der Waals surface area (Å²) in [5.41, 5.74) is 3.55. The van der Waals surface area contributed by atoms with Gasteiger partial charge in [-0.1, -0.05) is 43.2 Å². The Balaban J connectivity index is 2.23. The highest BCUT2D eigenvalue weighted by molar-refractivity contribution is 5.95. The van der Waals surface area contributed by atoms with Crippen LogP contribution >= 0.6 is 0 Å². The van der Waals surface area contributed by atoms with Gasteiger partial charge in [0.2, 0.25) is 0 Å². The van der Waals surface area contributed by atoms with E-state index in [1.54, 1.807) is 0 Å². The summed E-state index contributed by atoms with van der Waals surface area (Å²) in [5.74, 6) is 1.37. The van der Waals surface area contributed by atoms with E-state index in [4.69, 9.17) is 0 Å². The van der Waals surface area contributed by atoms with Gasteiger partial charge in [-0.25, -0.2) is 0 Å². The predicted octanol–water partition coefficient (Wildman–Crippen LogP) is 4.60. The van der Waals surface area contributed by atoms with E-state index in [9.17, 15) is 9.90 Å². The normalized spacial score (nSPS) is 40.2. The molecule has 0 heterocycles. The molecule has 0 unspecified atom stereocenters. The van der Waals surface area contributed by atoms with Crippen molar-refractivity contribution in [3.63, 3.8) is 0 Å². The predicted molar refractivity (Wildman–Crippen MR) is 91.5 cm³/mol. The molecule has 0 aliphatic heterocycles. The van der Waals surface area contributed by atoms with E-state index in [0.29, 0.717) is 30.1 Å². The average molecular weight is 302 g/mol. The molecule has 0 aromatic heterocycles. The maximum Gasteiger partial charge on any atom is 0.162 e. The molecule has 2 heteroatoms. The van der Waals surface area contributed by atoms with Crippen molar-refractivity contribution in [1.29, 1.82) is 0 Å². The molecule has 2 nitrogen and oxygen atoms in total. The van der Waals surface area contributed by atoms with E-state index < -0.39 is 6.10 Å². The Labute approximate surface area is 135 Å². The number of ketones is 1. The number of rotatable bonds is 0. The summed E-state index contributed by atoms with van der Waals surface area (Å²) < 4.78 is 0. The molecule has 2 aliphatic rings. The largest absolute Gasteiger partial charge is 0.389 e. The summed E-state index contributed by atoms with van der Waals surface area (Å²) in [5, 5.41) is 10.1. The van der Waals surface area contributed by atoms with E-state index in [0.717, 1.165) is 24.0 Å². The third-order valence-corrected chi connectivity index (χ3v) is 5.50. The monoisotopic (exact) mass is 302 g/mol. The van der Waals surface area contributed by atoms with Gasteiger partial charge in [-0.15, -0.1) is 0 Å². The first-order valence-corrected chi connectivity index (χ1v) is 8.44. The Hall–Kier alpha value is -1.15. The van der Waals surface area contributed by atoms with Gasteiger partial charge in [0.1, 0.15) is 0 Å². The smallest absolute Gasteiger partial charge is 0.162 e. The van der Waals surface area contributed by atoms with Crippen molar-refractivity contribution in [3.05, 3.63) is 34.9 Å². The summed E-state index contributed by atoms with van der Waals surface area (Å²) in [4.78, 5) is 12.3. The third-order valence-electron chi connectivity index (χ3n) is 5.50. The molecule has 2 aliphatic carbocycles. The first-order valence-electron chi connectivity index (χ1n) is 8.44. The van der Waals surface area contributed by atoms with Crippen molar-refractivity contribution in [2.75, 3.05) is 0 Å². The van der Waals surface area contributed by atoms with Crippen molar-refractivity contribution in [2.45, 2.75) is 66.4 Å². The standard InChI is InChI=1S/C20H30O2/c1-13-6-8-17-18(20(17,4)5)12-15(3)19(22)9-7-14(2)11-16(21)10-13/h7,10,12,16-18,21H,6,8-9,11H2,1-5H3/b13-10-,14-7-,15-12-/t16-,17+,18-/m1/s1. The minimum Gasteiger partial charge on any atom is -0.389 e. The fourth-order valence-electron chi connectivity index (χ4n) is 3.73. The summed E-state index contributed by atoms with van der Waals surface area (Å²) in [6, 6.07) is 0. The SMILES string of the molecule is C/C1=C/[C@@H](O)C/C(C)=C\CC(=O)/C(C)=C\[C@@H]2[C@H](CC1)C2(C)C. The zero-order valence-corrected chi connectivity index (χ0v) is 14.6. The highest BCUT2D eigenvalue weighted by atomic mass is 16.3. The van der Waals surface area contributed by atoms with Gasteiger partial charge in [0.15, 0.2) is 5.78 Å². The molecule has 22 heavy (non-hydrogen) atoms. The van der Waals surface area contributed by atoms with E-state index >= 15 is 0 Å². The van der Waals surface area contributed by atoms with Crippen LogP contribution in [0.3, 0.4) is 0 Å². The number of carbonyl (C=O) groups is 1. The quantitative estimate of drug-likeness (QED) is 0.664. The number of hydrogen-bond acceptors (Lipinski definition) is 2. The first-order chi connectivity index (χ1) is 10.2. The molecule has 0 bridgehead atoms. The minimum atomic E-state index is -0.436. The van der Waals surface area contributed by atoms with Crippen molar-refractivity contribution >= 4 is 5.78 Å². The number of carbonyl (C=O) groups excluding carboxylic acids is 1. The Bertz CT molecular complexity index is 534. The summed E-state index contributed by atoms with van der Waals surface area (Å²) in [6.07, 6.45) is 8.95. The number of fused-ring (bicyclic) bond motifs is 1. The second-order valence-corrected chi connectivity index (χ2v) is 7.80. The molecule has 0 aromatic carbocycles. The molecule has 0 amide bonds. The number of aliphatic hydroxyl groups is 1. The summed E-state index contributed by atoms with van der Waals surface area (Å²) >= 11 is 0. The highest BCUT2D eigenvalue weighted by Gasteiger charge is 2.55. The molecule has 2 rings (SSSR count). The molecule has 0 radical (unpaired) electrons. The zero-order chi connectivity index (χ0) is 16.5. The van der Waals surface area contributed by atoms with Crippen LogP contribution in [0.25, 0.3) is 0 Å². The van der Waals surface area contributed by atoms with Crippen LogP contribution in [0.4, 0.5) is 0 Å². The minimum absolute atomic E-state index is 0.207. The lowest BCUT2D eigenvalue weighted by molar-refractivity contribution is -0.114. The van der Waals surface area contributed by atoms with E-state index in [1.807, 2.05) is 26.0 Å². The second-order valence-electron chi connectivity index (χ2n) is 7.80. The fraction of sp³-hybridized carbons (Fsp3) is 0.650. The molecular formula is C20H30O2. The maximum absolute atomic E-state index is 12.3. The van der Waals surface area contributed by atoms with Crippen molar-refractivity contribution in [3.8, 4) is 0 Å². The van der Waals surface area contributed by atoms with E-state index in [2.05, 4.69) is 26.8 Å². The van der Waals surface area contributed by atoms with Crippen LogP contribution in [0.1, 0.15) is 60.3 Å². The highest BCUT2D eigenvalue weighted by Crippen LogP contribution is 2.61. The number of Topliss-reactive ketones (excluding diaryl/α,β-unsaturated/α-hetero) is 1. The third kappa shape index (κ3) is 3.98. The average Bonchev–Trinajstić information content (AvgIpc) is 2.92. The number of aliphatic hydroxyl groups excluding tert-OH is 1. The van der Waals surface area contributed by atoms with Crippen LogP contribution in [-0.4, -0.2) is 17.0 Å². The molecule has 1 N–H and O–H groups in total. The number of hydrogen-bond donors (Lipinski definition) is 1. The lowest BCUT2D eigenvalue weighted by atomic mass is 10.00. The van der Waals surface area contributed by atoms with Gasteiger partial charge < -0.3 is 5.11 Å². The van der Waals surface area contributed by atoms with Crippen molar-refractivity contribution < 1.29 is 9.90 Å². The van der Waals surface area contributed by atoms with Gasteiger partial charge in [-0.05, 0) is 62.9 Å². The van der Waals surface area contributed by atoms with Gasteiger partial charge in [-0.2, -0.15) is 0 Å². The number of allylic oxidation sites excluding steroid dienone is 4. The van der Waals surface area contributed by atoms with Gasteiger partial charge in [0.25, 0.3) is 0 Å². The lowest BCUT2D eigenvalue weighted by Crippen LogP contribution is -2.05. The van der Waals surface area contributed by atoms with Crippen LogP contribution in [0, 0.1) is 17.3 Å². The Kier molecular flexibility index (Phi) is 5.11. The van der Waals surface area contributed by atoms with Crippen LogP contribution in [-0.2, 0) is 4.79 Å². The van der Waals surface area contributed by atoms with Crippen LogP contribution in [0.15, 0.2) is 34.9 Å². The Morgan fingerprint density at radius 3 is 2.50 bits per heavy atom. The second kappa shape index (κ2) is 6.54. The summed E-state index contributed by atoms with van der Waals surface area (Å²) in [6.45, 7) is 10.6. The van der Waals surface area contributed by atoms with Gasteiger partial charge in [-0.3, -0.25) is 4.79 Å². The summed E-state index contributed by atoms with van der Waals surface area (Å²) in [7, 11) is 0. The van der Waals surface area contributed by atoms with E-state index in [-0.39, 0.29) is 5.78 Å². The Morgan fingerprint density at radius 1 is 1.14 bits per heavy atom. The van der Waals surface area contributed by atoms with Crippen LogP contribution in [0.2, 0.25) is 0 Å². The van der Waals surface area contributed by atoms with Gasteiger partial charge in [0.05, 0.1) is 6.10 Å². The van der Waals surface area contributed by atoms with E-state index in [1.165, 1.54) is 5.57 Å². The molecule has 0 aromatic rings. The van der Waals surface area contributed by atoms with Gasteiger partial charge >= 0.3 is 0 Å². The zero-order valence-electron chi connectivity index (χ0n) is 14.6. The molecule has 0 saturated heterocycles. The first kappa shape index (κ1) is 17.2. The Morgan fingerprint density at radius 2 is 1.82 bits per heavy atom. The lowest BCUT2D eigenvalue weighted by Gasteiger charge is -2.10. The van der Waals surface area contributed by atoms with Gasteiger partial charge in [0, 0.05) is 6.42 Å². The van der Waals surface area contributed by atoms with Crippen molar-refractivity contribution in [2.24, 2.45) is 17.3 Å². The topological polar surface area (TPSA) is 37.3 Å². The molecule has 1 fully saturated rings. The molecule has 3 atom stereocenters. The fourth-order valence-corrected chi connectivity index (χ4v) is 3.73. The molecular weight excluding hydrogens is 272 g/mol. The van der Waals surface area contributed by atoms with Crippen LogP contribution < -0.4 is 0 Å². The molecule has 0 spiro atoms. The molecule has 122 valence electrons. The van der Waals surface area contributed by atoms with Crippen LogP contribution in [0.5, 0.6) is 0 Å². The van der Waals surface area contributed by atoms with Crippen molar-refractivity contribution in [1.82, 2.24) is 0 Å².